The van der Waals surface area contributed by atoms with E-state index in [0.29, 0.717) is 6.61 Å². The van der Waals surface area contributed by atoms with Gasteiger partial charge in [0, 0.05) is 18.0 Å². The highest BCUT2D eigenvalue weighted by Gasteiger charge is 2.15. The highest BCUT2D eigenvalue weighted by Crippen LogP contribution is 2.19. The Balaban J connectivity index is 1.40. The number of anilines is 2. The van der Waals surface area contributed by atoms with Crippen LogP contribution in [0.25, 0.3) is 0 Å². The van der Waals surface area contributed by atoms with Crippen LogP contribution in [0.3, 0.4) is 0 Å². The number of amides is 1. The molecule has 1 heterocycles. The average molecular weight is 384 g/mol. The number of carbonyl (C=O) groups is 1. The van der Waals surface area contributed by atoms with Gasteiger partial charge in [-0.1, -0.05) is 0 Å². The molecule has 2 aromatic carbocycles. The first-order valence-corrected chi connectivity index (χ1v) is 9.73. The number of rotatable bonds is 9. The molecule has 1 unspecified atom stereocenters. The van der Waals surface area contributed by atoms with Crippen LogP contribution in [-0.2, 0) is 9.53 Å². The van der Waals surface area contributed by atoms with Gasteiger partial charge in [-0.3, -0.25) is 4.79 Å². The number of ether oxygens (including phenoxy) is 3. The monoisotopic (exact) mass is 384 g/mol. The molecule has 2 N–H and O–H groups in total. The van der Waals surface area contributed by atoms with Gasteiger partial charge in [0.25, 0.3) is 0 Å². The fourth-order valence-corrected chi connectivity index (χ4v) is 2.91. The molecule has 0 aromatic heterocycles. The molecule has 1 amide bonds. The van der Waals surface area contributed by atoms with Crippen LogP contribution >= 0.6 is 0 Å². The first kappa shape index (κ1) is 20.0. The molecule has 2 aromatic rings. The smallest absolute Gasteiger partial charge is 0.243 e. The van der Waals surface area contributed by atoms with Gasteiger partial charge in [0.1, 0.15) is 18.1 Å². The summed E-state index contributed by atoms with van der Waals surface area (Å²) in [6, 6.07) is 14.9. The van der Waals surface area contributed by atoms with E-state index in [9.17, 15) is 4.79 Å². The first-order valence-electron chi connectivity index (χ1n) is 9.73. The maximum absolute atomic E-state index is 12.1. The quantitative estimate of drug-likeness (QED) is 0.682. The predicted octanol–water partition coefficient (Wildman–Crippen LogP) is 4.08. The van der Waals surface area contributed by atoms with Crippen LogP contribution in [0.15, 0.2) is 48.5 Å². The van der Waals surface area contributed by atoms with Crippen molar-refractivity contribution >= 4 is 17.3 Å². The van der Waals surface area contributed by atoms with Crippen molar-refractivity contribution in [3.63, 3.8) is 0 Å². The number of benzene rings is 2. The van der Waals surface area contributed by atoms with Gasteiger partial charge in [-0.2, -0.15) is 0 Å². The summed E-state index contributed by atoms with van der Waals surface area (Å²) in [6.07, 6.45) is 2.48. The van der Waals surface area contributed by atoms with Crippen LogP contribution in [-0.4, -0.2) is 37.9 Å². The molecule has 1 fully saturated rings. The van der Waals surface area contributed by atoms with Crippen molar-refractivity contribution in [3.05, 3.63) is 48.5 Å². The number of nitrogens with one attached hydrogen (secondary N) is 2. The third-order valence-electron chi connectivity index (χ3n) is 4.28. The van der Waals surface area contributed by atoms with Crippen LogP contribution in [0.1, 0.15) is 26.7 Å². The molecule has 0 radical (unpaired) electrons. The van der Waals surface area contributed by atoms with Crippen LogP contribution < -0.4 is 20.1 Å². The van der Waals surface area contributed by atoms with Crippen molar-refractivity contribution in [1.29, 1.82) is 0 Å². The molecule has 6 nitrogen and oxygen atoms in total. The SMILES string of the molecule is CC(C)Oc1ccc(NCC(=O)Nc2ccc(OCC3CCCO3)cc2)cc1. The Kier molecular flexibility index (Phi) is 7.14. The molecule has 1 saturated heterocycles. The predicted molar refractivity (Wildman–Crippen MR) is 110 cm³/mol. The van der Waals surface area contributed by atoms with Gasteiger partial charge in [0.15, 0.2) is 0 Å². The second kappa shape index (κ2) is 9.99. The lowest BCUT2D eigenvalue weighted by molar-refractivity contribution is -0.114. The zero-order valence-electron chi connectivity index (χ0n) is 16.4. The molecule has 28 heavy (non-hydrogen) atoms. The van der Waals surface area contributed by atoms with Crippen molar-refractivity contribution in [3.8, 4) is 11.5 Å². The molecule has 0 aliphatic carbocycles. The highest BCUT2D eigenvalue weighted by atomic mass is 16.5. The lowest BCUT2D eigenvalue weighted by Gasteiger charge is -2.12. The van der Waals surface area contributed by atoms with Gasteiger partial charge in [-0.15, -0.1) is 0 Å². The Hall–Kier alpha value is -2.73. The lowest BCUT2D eigenvalue weighted by atomic mass is 10.2. The van der Waals surface area contributed by atoms with Gasteiger partial charge in [0.2, 0.25) is 5.91 Å². The van der Waals surface area contributed by atoms with Gasteiger partial charge in [-0.25, -0.2) is 0 Å². The lowest BCUT2D eigenvalue weighted by Crippen LogP contribution is -2.21. The molecule has 1 aliphatic rings. The van der Waals surface area contributed by atoms with E-state index >= 15 is 0 Å². The van der Waals surface area contributed by atoms with E-state index < -0.39 is 0 Å². The average Bonchev–Trinajstić information content (AvgIpc) is 3.20. The van der Waals surface area contributed by atoms with E-state index in [1.54, 1.807) is 0 Å². The summed E-state index contributed by atoms with van der Waals surface area (Å²) < 4.78 is 16.9. The molecule has 3 rings (SSSR count). The second-order valence-electron chi connectivity index (χ2n) is 7.06. The van der Waals surface area contributed by atoms with Gasteiger partial charge in [0.05, 0.1) is 18.8 Å². The number of hydrogen-bond acceptors (Lipinski definition) is 5. The normalized spacial score (nSPS) is 16.0. The van der Waals surface area contributed by atoms with E-state index in [0.717, 1.165) is 42.3 Å². The van der Waals surface area contributed by atoms with Crippen LogP contribution in [0.2, 0.25) is 0 Å². The summed E-state index contributed by atoms with van der Waals surface area (Å²) >= 11 is 0. The summed E-state index contributed by atoms with van der Waals surface area (Å²) in [5, 5.41) is 5.97. The Morgan fingerprint density at radius 1 is 1.07 bits per heavy atom. The topological polar surface area (TPSA) is 68.8 Å². The Bertz CT molecular complexity index is 738. The fraction of sp³-hybridized carbons (Fsp3) is 0.409. The van der Waals surface area contributed by atoms with Gasteiger partial charge < -0.3 is 24.8 Å². The van der Waals surface area contributed by atoms with E-state index in [1.807, 2.05) is 62.4 Å². The van der Waals surface area contributed by atoms with E-state index in [1.165, 1.54) is 0 Å². The largest absolute Gasteiger partial charge is 0.491 e. The minimum Gasteiger partial charge on any atom is -0.491 e. The molecule has 0 saturated carbocycles. The van der Waals surface area contributed by atoms with Crippen LogP contribution in [0, 0.1) is 0 Å². The molecular formula is C22H28N2O4. The third-order valence-corrected chi connectivity index (χ3v) is 4.28. The summed E-state index contributed by atoms with van der Waals surface area (Å²) in [7, 11) is 0. The Labute approximate surface area is 166 Å². The molecule has 1 atom stereocenters. The maximum atomic E-state index is 12.1. The zero-order valence-corrected chi connectivity index (χ0v) is 16.4. The standard InChI is InChI=1S/C22H28N2O4/c1-16(2)28-20-11-5-17(6-12-20)23-14-22(25)24-18-7-9-19(10-8-18)27-15-21-4-3-13-26-21/h5-12,16,21,23H,3-4,13-15H2,1-2H3,(H,24,25). The molecular weight excluding hydrogens is 356 g/mol. The van der Waals surface area contributed by atoms with Crippen LogP contribution in [0.4, 0.5) is 11.4 Å². The molecule has 150 valence electrons. The number of carbonyl (C=O) groups excluding carboxylic acids is 1. The summed E-state index contributed by atoms with van der Waals surface area (Å²) in [6.45, 7) is 5.54. The third kappa shape index (κ3) is 6.46. The second-order valence-corrected chi connectivity index (χ2v) is 7.06. The Morgan fingerprint density at radius 2 is 1.75 bits per heavy atom. The molecule has 0 bridgehead atoms. The van der Waals surface area contributed by atoms with Crippen molar-refractivity contribution in [2.75, 3.05) is 30.4 Å². The molecule has 0 spiro atoms. The van der Waals surface area contributed by atoms with Crippen molar-refractivity contribution in [1.82, 2.24) is 0 Å². The van der Waals surface area contributed by atoms with Crippen LogP contribution in [0.5, 0.6) is 11.5 Å². The highest BCUT2D eigenvalue weighted by molar-refractivity contribution is 5.93. The fourth-order valence-electron chi connectivity index (χ4n) is 2.91. The Morgan fingerprint density at radius 3 is 2.39 bits per heavy atom. The van der Waals surface area contributed by atoms with Crippen molar-refractivity contribution in [2.45, 2.75) is 38.9 Å². The summed E-state index contributed by atoms with van der Waals surface area (Å²) in [4.78, 5) is 12.1. The van der Waals surface area contributed by atoms with Crippen molar-refractivity contribution < 1.29 is 19.0 Å². The zero-order chi connectivity index (χ0) is 19.8. The van der Waals surface area contributed by atoms with E-state index in [4.69, 9.17) is 14.2 Å². The first-order chi connectivity index (χ1) is 13.6. The maximum Gasteiger partial charge on any atom is 0.243 e. The van der Waals surface area contributed by atoms with Gasteiger partial charge in [-0.05, 0) is 75.2 Å². The molecule has 1 aliphatic heterocycles. The summed E-state index contributed by atoms with van der Waals surface area (Å²) in [5.74, 6) is 1.47. The van der Waals surface area contributed by atoms with Gasteiger partial charge >= 0.3 is 0 Å². The van der Waals surface area contributed by atoms with E-state index in [2.05, 4.69) is 10.6 Å². The van der Waals surface area contributed by atoms with Crippen molar-refractivity contribution in [2.24, 2.45) is 0 Å². The van der Waals surface area contributed by atoms with E-state index in [-0.39, 0.29) is 24.7 Å². The number of hydrogen-bond donors (Lipinski definition) is 2. The summed E-state index contributed by atoms with van der Waals surface area (Å²) in [5.41, 5.74) is 1.60. The molecule has 6 heteroatoms. The minimum absolute atomic E-state index is 0.115. The minimum atomic E-state index is -0.115.